The van der Waals surface area contributed by atoms with Crippen molar-refractivity contribution in [3.63, 3.8) is 0 Å². The Hall–Kier alpha value is -0.960. The molecule has 0 aliphatic heterocycles. The molecule has 0 aromatic heterocycles. The molecule has 0 radical (unpaired) electrons. The van der Waals surface area contributed by atoms with Crippen molar-refractivity contribution in [1.82, 2.24) is 0 Å². The first-order valence-electron chi connectivity index (χ1n) is 6.52. The minimum absolute atomic E-state index is 0.575. The van der Waals surface area contributed by atoms with Crippen molar-refractivity contribution in [1.29, 1.82) is 0 Å². The summed E-state index contributed by atoms with van der Waals surface area (Å²) in [6, 6.07) is 0. The lowest BCUT2D eigenvalue weighted by molar-refractivity contribution is 0.181. The lowest BCUT2D eigenvalue weighted by Gasteiger charge is -1.99. The molecule has 0 aliphatic rings. The van der Waals surface area contributed by atoms with E-state index in [1.54, 1.807) is 12.5 Å². The average Bonchev–Trinajstić information content (AvgIpc) is 2.35. The van der Waals surface area contributed by atoms with Crippen LogP contribution in [0, 0.1) is 0 Å². The van der Waals surface area contributed by atoms with Crippen LogP contribution < -0.4 is 0 Å². The molecule has 17 heavy (non-hydrogen) atoms. The normalized spacial score (nSPS) is 11.4. The molecule has 0 fully saturated rings. The molecule has 0 rings (SSSR count). The number of rotatable bonds is 12. The van der Waals surface area contributed by atoms with Gasteiger partial charge < -0.3 is 14.2 Å². The highest BCUT2D eigenvalue weighted by atomic mass is 16.5. The van der Waals surface area contributed by atoms with Gasteiger partial charge in [-0.25, -0.2) is 0 Å². The van der Waals surface area contributed by atoms with Crippen LogP contribution in [0.15, 0.2) is 24.7 Å². The summed E-state index contributed by atoms with van der Waals surface area (Å²) in [6.07, 6.45) is 11.7. The molecule has 0 saturated heterocycles. The fourth-order valence-corrected chi connectivity index (χ4v) is 1.01. The summed E-state index contributed by atoms with van der Waals surface area (Å²) in [5.41, 5.74) is 0. The maximum Gasteiger partial charge on any atom is 0.0873 e. The minimum atomic E-state index is 0.575. The van der Waals surface area contributed by atoms with Crippen molar-refractivity contribution >= 4 is 0 Å². The molecule has 0 atom stereocenters. The summed E-state index contributed by atoms with van der Waals surface area (Å²) >= 11 is 0. The van der Waals surface area contributed by atoms with Crippen molar-refractivity contribution < 1.29 is 14.2 Å². The minimum Gasteiger partial charge on any atom is -0.501 e. The highest BCUT2D eigenvalue weighted by Crippen LogP contribution is 1.90. The summed E-state index contributed by atoms with van der Waals surface area (Å²) in [6.45, 7) is 7.02. The topological polar surface area (TPSA) is 27.7 Å². The number of hydrogen-bond acceptors (Lipinski definition) is 3. The van der Waals surface area contributed by atoms with Gasteiger partial charge in [0.2, 0.25) is 0 Å². The Balaban J connectivity index is 3.11. The molecular weight excluding hydrogens is 216 g/mol. The molecule has 0 amide bonds. The lowest BCUT2D eigenvalue weighted by atomic mass is 10.4. The average molecular weight is 242 g/mol. The predicted molar refractivity (Wildman–Crippen MR) is 70.8 cm³/mol. The van der Waals surface area contributed by atoms with Crippen LogP contribution in [0.3, 0.4) is 0 Å². The third kappa shape index (κ3) is 15.0. The molecule has 0 N–H and O–H groups in total. The van der Waals surface area contributed by atoms with E-state index in [-0.39, 0.29) is 0 Å². The van der Waals surface area contributed by atoms with Gasteiger partial charge in [-0.15, -0.1) is 0 Å². The third-order valence-electron chi connectivity index (χ3n) is 2.04. The fourth-order valence-electron chi connectivity index (χ4n) is 1.01. The molecule has 0 saturated carbocycles. The van der Waals surface area contributed by atoms with E-state index >= 15 is 0 Å². The number of ether oxygens (including phenoxy) is 3. The van der Waals surface area contributed by atoms with Gasteiger partial charge in [-0.2, -0.15) is 0 Å². The van der Waals surface area contributed by atoms with Gasteiger partial charge in [0, 0.05) is 0 Å². The summed E-state index contributed by atoms with van der Waals surface area (Å²) in [5.74, 6) is 0. The van der Waals surface area contributed by atoms with Crippen molar-refractivity contribution in [3.05, 3.63) is 24.7 Å². The summed E-state index contributed by atoms with van der Waals surface area (Å²) in [5, 5.41) is 0. The van der Waals surface area contributed by atoms with Gasteiger partial charge in [0.15, 0.2) is 0 Å². The summed E-state index contributed by atoms with van der Waals surface area (Å²) < 4.78 is 15.8. The Kier molecular flexibility index (Phi) is 14.2. The van der Waals surface area contributed by atoms with Gasteiger partial charge in [0.05, 0.1) is 39.0 Å². The smallest absolute Gasteiger partial charge is 0.0873 e. The molecule has 0 aromatic carbocycles. The Morgan fingerprint density at radius 3 is 1.65 bits per heavy atom. The predicted octanol–water partition coefficient (Wildman–Crippen LogP) is 3.66. The SMILES string of the molecule is CCCCOC=CCOCC=COCCCC. The molecule has 0 unspecified atom stereocenters. The highest BCUT2D eigenvalue weighted by Gasteiger charge is 1.83. The largest absolute Gasteiger partial charge is 0.501 e. The molecule has 0 bridgehead atoms. The van der Waals surface area contributed by atoms with Crippen molar-refractivity contribution in [3.8, 4) is 0 Å². The first-order chi connectivity index (χ1) is 8.41. The second-order valence-corrected chi connectivity index (χ2v) is 3.73. The maximum absolute atomic E-state index is 5.31. The van der Waals surface area contributed by atoms with Crippen LogP contribution in [-0.2, 0) is 14.2 Å². The van der Waals surface area contributed by atoms with Crippen LogP contribution in [0.4, 0.5) is 0 Å². The highest BCUT2D eigenvalue weighted by molar-refractivity contribution is 4.76. The first kappa shape index (κ1) is 16.0. The van der Waals surface area contributed by atoms with Crippen molar-refractivity contribution in [2.45, 2.75) is 39.5 Å². The monoisotopic (exact) mass is 242 g/mol. The fraction of sp³-hybridized carbons (Fsp3) is 0.714. The molecular formula is C14H26O3. The molecule has 100 valence electrons. The van der Waals surface area contributed by atoms with Gasteiger partial charge in [0.25, 0.3) is 0 Å². The van der Waals surface area contributed by atoms with Crippen molar-refractivity contribution in [2.75, 3.05) is 26.4 Å². The van der Waals surface area contributed by atoms with E-state index in [2.05, 4.69) is 13.8 Å². The van der Waals surface area contributed by atoms with E-state index < -0.39 is 0 Å². The molecule has 0 aliphatic carbocycles. The molecule has 0 heterocycles. The van der Waals surface area contributed by atoms with Gasteiger partial charge in [0.1, 0.15) is 0 Å². The van der Waals surface area contributed by atoms with E-state index in [0.29, 0.717) is 13.2 Å². The maximum atomic E-state index is 5.31. The Labute approximate surface area is 105 Å². The lowest BCUT2D eigenvalue weighted by Crippen LogP contribution is -1.92. The molecule has 0 aromatic rings. The second-order valence-electron chi connectivity index (χ2n) is 3.73. The van der Waals surface area contributed by atoms with Crippen LogP contribution in [0.2, 0.25) is 0 Å². The van der Waals surface area contributed by atoms with Crippen LogP contribution >= 0.6 is 0 Å². The zero-order valence-corrected chi connectivity index (χ0v) is 11.2. The van der Waals surface area contributed by atoms with Gasteiger partial charge in [-0.3, -0.25) is 0 Å². The molecule has 3 heteroatoms. The van der Waals surface area contributed by atoms with E-state index in [0.717, 1.165) is 38.9 Å². The number of hydrogen-bond donors (Lipinski definition) is 0. The molecule has 3 nitrogen and oxygen atoms in total. The van der Waals surface area contributed by atoms with E-state index in [1.165, 1.54) is 0 Å². The van der Waals surface area contributed by atoms with Gasteiger partial charge in [-0.05, 0) is 25.0 Å². The zero-order valence-electron chi connectivity index (χ0n) is 11.2. The van der Waals surface area contributed by atoms with Crippen molar-refractivity contribution in [2.24, 2.45) is 0 Å². The van der Waals surface area contributed by atoms with Gasteiger partial charge in [-0.1, -0.05) is 26.7 Å². The van der Waals surface area contributed by atoms with Crippen LogP contribution in [0.5, 0.6) is 0 Å². The van der Waals surface area contributed by atoms with E-state index in [4.69, 9.17) is 14.2 Å². The third-order valence-corrected chi connectivity index (χ3v) is 2.04. The Bertz CT molecular complexity index is 168. The standard InChI is InChI=1S/C14H26O3/c1-3-5-9-15-11-7-13-17-14-8-12-16-10-6-4-2/h7-8,11-12H,3-6,9-10,13-14H2,1-2H3. The Morgan fingerprint density at radius 2 is 1.24 bits per heavy atom. The Morgan fingerprint density at radius 1 is 0.765 bits per heavy atom. The van der Waals surface area contributed by atoms with E-state index in [1.807, 2.05) is 12.2 Å². The van der Waals surface area contributed by atoms with Crippen LogP contribution in [0.25, 0.3) is 0 Å². The molecule has 0 spiro atoms. The van der Waals surface area contributed by atoms with E-state index in [9.17, 15) is 0 Å². The second kappa shape index (κ2) is 15.0. The van der Waals surface area contributed by atoms with Gasteiger partial charge >= 0.3 is 0 Å². The van der Waals surface area contributed by atoms with Crippen LogP contribution in [-0.4, -0.2) is 26.4 Å². The number of unbranched alkanes of at least 4 members (excludes halogenated alkanes) is 2. The summed E-state index contributed by atoms with van der Waals surface area (Å²) in [7, 11) is 0. The summed E-state index contributed by atoms with van der Waals surface area (Å²) in [4.78, 5) is 0. The quantitative estimate of drug-likeness (QED) is 0.386. The zero-order chi connectivity index (χ0) is 12.6. The first-order valence-corrected chi connectivity index (χ1v) is 6.52. The van der Waals surface area contributed by atoms with Crippen LogP contribution in [0.1, 0.15) is 39.5 Å².